The molecule has 0 radical (unpaired) electrons. The number of hydrogen-bond donors (Lipinski definition) is 1. The van der Waals surface area contributed by atoms with Crippen LogP contribution in [-0.4, -0.2) is 15.3 Å². The summed E-state index contributed by atoms with van der Waals surface area (Å²) in [4.78, 5) is 0. The van der Waals surface area contributed by atoms with Crippen LogP contribution in [0.3, 0.4) is 0 Å². The largest absolute Gasteiger partial charge is 0.464 e. The molecule has 0 aliphatic heterocycles. The Bertz CT molecular complexity index is 475. The number of aromatic nitrogens is 2. The van der Waals surface area contributed by atoms with Gasteiger partial charge < -0.3 is 9.84 Å². The van der Waals surface area contributed by atoms with E-state index in [9.17, 15) is 0 Å². The number of nitrogens with zero attached hydrogens (tertiary/aromatic N) is 2. The maximum atomic E-state index is 8.81. The van der Waals surface area contributed by atoms with E-state index in [2.05, 4.69) is 10.2 Å². The number of rotatable bonds is 4. The molecule has 2 rings (SSSR count). The first kappa shape index (κ1) is 11.3. The molecule has 1 heterocycles. The van der Waals surface area contributed by atoms with Crippen LogP contribution in [0.5, 0.6) is 5.19 Å². The van der Waals surface area contributed by atoms with Gasteiger partial charge in [0.05, 0.1) is 6.61 Å². The maximum absolute atomic E-state index is 8.81. The Morgan fingerprint density at radius 1 is 1.31 bits per heavy atom. The molecular formula is C10H9ClN2O2S. The van der Waals surface area contributed by atoms with Gasteiger partial charge in [-0.2, -0.15) is 0 Å². The van der Waals surface area contributed by atoms with Crippen molar-refractivity contribution in [1.82, 2.24) is 10.2 Å². The van der Waals surface area contributed by atoms with Crippen molar-refractivity contribution in [2.75, 3.05) is 0 Å². The van der Waals surface area contributed by atoms with Crippen molar-refractivity contribution in [3.8, 4) is 5.19 Å². The van der Waals surface area contributed by atoms with E-state index in [0.717, 1.165) is 5.56 Å². The molecule has 0 fully saturated rings. The minimum Gasteiger partial charge on any atom is -0.464 e. The van der Waals surface area contributed by atoms with E-state index in [0.29, 0.717) is 21.8 Å². The van der Waals surface area contributed by atoms with E-state index in [1.807, 2.05) is 18.2 Å². The Kier molecular flexibility index (Phi) is 3.71. The molecule has 4 nitrogen and oxygen atoms in total. The fraction of sp³-hybridized carbons (Fsp3) is 0.200. The Morgan fingerprint density at radius 2 is 2.12 bits per heavy atom. The van der Waals surface area contributed by atoms with Gasteiger partial charge in [-0.25, -0.2) is 0 Å². The van der Waals surface area contributed by atoms with Gasteiger partial charge in [0.2, 0.25) is 0 Å². The number of benzene rings is 1. The van der Waals surface area contributed by atoms with Crippen molar-refractivity contribution in [3.05, 3.63) is 39.9 Å². The van der Waals surface area contributed by atoms with Crippen LogP contribution in [0, 0.1) is 0 Å². The molecule has 84 valence electrons. The summed E-state index contributed by atoms with van der Waals surface area (Å²) in [5.41, 5.74) is 0.893. The summed E-state index contributed by atoms with van der Waals surface area (Å²) in [6.07, 6.45) is 0. The van der Waals surface area contributed by atoms with E-state index in [1.54, 1.807) is 6.07 Å². The van der Waals surface area contributed by atoms with Crippen LogP contribution >= 0.6 is 22.9 Å². The first-order chi connectivity index (χ1) is 7.79. The average molecular weight is 257 g/mol. The van der Waals surface area contributed by atoms with Crippen LogP contribution in [0.25, 0.3) is 0 Å². The molecule has 2 aromatic rings. The SMILES string of the molecule is OCc1nnc(OCc2ccccc2Cl)s1. The third-order valence-corrected chi connectivity index (χ3v) is 3.08. The molecule has 0 aliphatic rings. The third-order valence-electron chi connectivity index (χ3n) is 1.89. The van der Waals surface area contributed by atoms with Gasteiger partial charge >= 0.3 is 0 Å². The Morgan fingerprint density at radius 3 is 2.81 bits per heavy atom. The van der Waals surface area contributed by atoms with E-state index < -0.39 is 0 Å². The van der Waals surface area contributed by atoms with Crippen LogP contribution in [0.1, 0.15) is 10.6 Å². The van der Waals surface area contributed by atoms with Crippen molar-refractivity contribution < 1.29 is 9.84 Å². The number of halogens is 1. The van der Waals surface area contributed by atoms with Crippen LogP contribution in [0.4, 0.5) is 0 Å². The number of aliphatic hydroxyl groups is 1. The standard InChI is InChI=1S/C10H9ClN2O2S/c11-8-4-2-1-3-7(8)6-15-10-13-12-9(5-14)16-10/h1-4,14H,5-6H2. The molecule has 0 saturated carbocycles. The van der Waals surface area contributed by atoms with Gasteiger partial charge in [0.15, 0.2) is 0 Å². The predicted octanol–water partition coefficient (Wildman–Crippen LogP) is 2.26. The molecule has 1 aromatic heterocycles. The molecular weight excluding hydrogens is 248 g/mol. The highest BCUT2D eigenvalue weighted by atomic mass is 35.5. The highest BCUT2D eigenvalue weighted by Gasteiger charge is 2.05. The zero-order chi connectivity index (χ0) is 11.4. The van der Waals surface area contributed by atoms with Crippen molar-refractivity contribution in [2.45, 2.75) is 13.2 Å². The van der Waals surface area contributed by atoms with Gasteiger partial charge in [0.1, 0.15) is 11.6 Å². The van der Waals surface area contributed by atoms with Gasteiger partial charge in [-0.1, -0.05) is 46.2 Å². The molecule has 1 N–H and O–H groups in total. The highest BCUT2D eigenvalue weighted by Crippen LogP contribution is 2.21. The predicted molar refractivity (Wildman–Crippen MR) is 61.6 cm³/mol. The molecule has 6 heteroatoms. The second-order valence-corrected chi connectivity index (χ2v) is 4.43. The summed E-state index contributed by atoms with van der Waals surface area (Å²) in [5.74, 6) is 0. The first-order valence-corrected chi connectivity index (χ1v) is 5.78. The third kappa shape index (κ3) is 2.69. The summed E-state index contributed by atoms with van der Waals surface area (Å²) in [7, 11) is 0. The van der Waals surface area contributed by atoms with Gasteiger partial charge in [0, 0.05) is 10.6 Å². The number of ether oxygens (including phenoxy) is 1. The molecule has 0 saturated heterocycles. The molecule has 16 heavy (non-hydrogen) atoms. The lowest BCUT2D eigenvalue weighted by Gasteiger charge is -2.03. The zero-order valence-corrected chi connectivity index (χ0v) is 9.83. The van der Waals surface area contributed by atoms with Gasteiger partial charge in [0.25, 0.3) is 5.19 Å². The van der Waals surface area contributed by atoms with Gasteiger partial charge in [-0.15, -0.1) is 5.10 Å². The summed E-state index contributed by atoms with van der Waals surface area (Å²) in [5, 5.41) is 17.9. The van der Waals surface area contributed by atoms with Crippen molar-refractivity contribution in [2.24, 2.45) is 0 Å². The summed E-state index contributed by atoms with van der Waals surface area (Å²) >= 11 is 7.19. The van der Waals surface area contributed by atoms with Crippen molar-refractivity contribution in [1.29, 1.82) is 0 Å². The van der Waals surface area contributed by atoms with Gasteiger partial charge in [-0.05, 0) is 6.07 Å². The number of aliphatic hydroxyl groups excluding tert-OH is 1. The average Bonchev–Trinajstić information content (AvgIpc) is 2.76. The maximum Gasteiger partial charge on any atom is 0.294 e. The second kappa shape index (κ2) is 5.25. The summed E-state index contributed by atoms with van der Waals surface area (Å²) in [6, 6.07) is 7.44. The fourth-order valence-corrected chi connectivity index (χ4v) is 1.85. The lowest BCUT2D eigenvalue weighted by Crippen LogP contribution is -1.95. The fourth-order valence-electron chi connectivity index (χ4n) is 1.12. The Labute approximate surface area is 101 Å². The molecule has 0 aliphatic carbocycles. The first-order valence-electron chi connectivity index (χ1n) is 4.59. The lowest BCUT2D eigenvalue weighted by molar-refractivity contribution is 0.279. The van der Waals surface area contributed by atoms with Crippen LogP contribution < -0.4 is 4.74 Å². The highest BCUT2D eigenvalue weighted by molar-refractivity contribution is 7.13. The summed E-state index contributed by atoms with van der Waals surface area (Å²) < 4.78 is 5.40. The van der Waals surface area contributed by atoms with E-state index in [4.69, 9.17) is 21.4 Å². The van der Waals surface area contributed by atoms with Crippen LogP contribution in [0.15, 0.2) is 24.3 Å². The summed E-state index contributed by atoms with van der Waals surface area (Å²) in [6.45, 7) is 0.229. The second-order valence-electron chi connectivity index (χ2n) is 3.00. The zero-order valence-electron chi connectivity index (χ0n) is 8.26. The van der Waals surface area contributed by atoms with Crippen LogP contribution in [-0.2, 0) is 13.2 Å². The molecule has 0 unspecified atom stereocenters. The van der Waals surface area contributed by atoms with Crippen LogP contribution in [0.2, 0.25) is 5.02 Å². The smallest absolute Gasteiger partial charge is 0.294 e. The quantitative estimate of drug-likeness (QED) is 0.912. The van der Waals surface area contributed by atoms with E-state index in [1.165, 1.54) is 11.3 Å². The van der Waals surface area contributed by atoms with Crippen molar-refractivity contribution in [3.63, 3.8) is 0 Å². The van der Waals surface area contributed by atoms with Gasteiger partial charge in [-0.3, -0.25) is 0 Å². The molecule has 0 spiro atoms. The van der Waals surface area contributed by atoms with Crippen molar-refractivity contribution >= 4 is 22.9 Å². The minimum atomic E-state index is -0.118. The Hall–Kier alpha value is -1.17. The van der Waals surface area contributed by atoms with E-state index in [-0.39, 0.29) is 6.61 Å². The molecule has 0 bridgehead atoms. The Balaban J connectivity index is 1.99. The minimum absolute atomic E-state index is 0.118. The molecule has 1 aromatic carbocycles. The monoisotopic (exact) mass is 256 g/mol. The topological polar surface area (TPSA) is 55.2 Å². The lowest BCUT2D eigenvalue weighted by atomic mass is 10.2. The van der Waals surface area contributed by atoms with E-state index >= 15 is 0 Å². The number of hydrogen-bond acceptors (Lipinski definition) is 5. The molecule has 0 atom stereocenters. The normalized spacial score (nSPS) is 10.4. The molecule has 0 amide bonds.